The summed E-state index contributed by atoms with van der Waals surface area (Å²) >= 11 is 0. The summed E-state index contributed by atoms with van der Waals surface area (Å²) in [5, 5.41) is 20.4. The Labute approximate surface area is 192 Å². The Morgan fingerprint density at radius 2 is 1.85 bits per heavy atom. The average molecular weight is 471 g/mol. The number of carbonyl (C=O) groups excluding carboxylic acids is 1. The molecular weight excluding hydrogens is 451 g/mol. The summed E-state index contributed by atoms with van der Waals surface area (Å²) in [5.41, 5.74) is -0.369. The smallest absolute Gasteiger partial charge is 0.378 e. The third kappa shape index (κ3) is 4.69. The molecule has 11 heteroatoms. The molecule has 0 aliphatic heterocycles. The predicted molar refractivity (Wildman–Crippen MR) is 116 cm³/mol. The third-order valence-corrected chi connectivity index (χ3v) is 4.98. The molecule has 0 saturated carbocycles. The highest BCUT2D eigenvalue weighted by Crippen LogP contribution is 2.38. The Hall–Kier alpha value is -3.99. The van der Waals surface area contributed by atoms with Crippen LogP contribution in [0.3, 0.4) is 0 Å². The van der Waals surface area contributed by atoms with Gasteiger partial charge in [-0.15, -0.1) is 0 Å². The maximum absolute atomic E-state index is 13.9. The van der Waals surface area contributed by atoms with Crippen LogP contribution in [0.4, 0.5) is 13.2 Å². The van der Waals surface area contributed by atoms with E-state index < -0.39 is 23.9 Å². The maximum Gasteiger partial charge on any atom is 0.434 e. The van der Waals surface area contributed by atoms with Gasteiger partial charge >= 0.3 is 6.18 Å². The van der Waals surface area contributed by atoms with E-state index >= 15 is 0 Å². The summed E-state index contributed by atoms with van der Waals surface area (Å²) in [6.45, 7) is 2.34. The number of alkyl halides is 3. The molecule has 1 atom stereocenters. The zero-order valence-corrected chi connectivity index (χ0v) is 18.0. The fourth-order valence-electron chi connectivity index (χ4n) is 3.30. The fourth-order valence-corrected chi connectivity index (χ4v) is 3.30. The van der Waals surface area contributed by atoms with E-state index in [1.807, 2.05) is 6.92 Å². The molecule has 1 unspecified atom stereocenters. The van der Waals surface area contributed by atoms with Crippen LogP contribution in [0.15, 0.2) is 65.3 Å². The minimum absolute atomic E-state index is 0.0482. The molecule has 34 heavy (non-hydrogen) atoms. The molecule has 176 valence electrons. The Bertz CT molecular complexity index is 1270. The van der Waals surface area contributed by atoms with Crippen LogP contribution >= 0.6 is 0 Å². The SMILES string of the molecule is CCCNC(=O)C(O)c1ccc(-c2noc(-c3cnn(-c4ccccc4)c3C(F)(F)F)n2)cc1. The lowest BCUT2D eigenvalue weighted by Gasteiger charge is -2.11. The molecule has 0 bridgehead atoms. The molecule has 0 aliphatic carbocycles. The Kier molecular flexibility index (Phi) is 6.46. The number of rotatable bonds is 7. The Balaban J connectivity index is 1.62. The van der Waals surface area contributed by atoms with E-state index in [1.54, 1.807) is 30.3 Å². The van der Waals surface area contributed by atoms with Crippen molar-refractivity contribution < 1.29 is 27.6 Å². The van der Waals surface area contributed by atoms with Gasteiger partial charge in [0.05, 0.1) is 17.4 Å². The number of aliphatic hydroxyl groups excluding tert-OH is 1. The number of nitrogens with zero attached hydrogens (tertiary/aromatic N) is 4. The van der Waals surface area contributed by atoms with Crippen LogP contribution in [0.25, 0.3) is 28.5 Å². The van der Waals surface area contributed by atoms with Crippen LogP contribution in [0.1, 0.15) is 30.7 Å². The van der Waals surface area contributed by atoms with Gasteiger partial charge in [0.25, 0.3) is 11.8 Å². The molecule has 2 N–H and O–H groups in total. The standard InChI is InChI=1S/C23H20F3N5O3/c1-2-12-27-21(33)18(32)14-8-10-15(11-9-14)20-29-22(34-30-20)17-13-28-31(19(17)23(24,25)26)16-6-4-3-5-7-16/h3-11,13,18,32H,2,12H2,1H3,(H,27,33). The van der Waals surface area contributed by atoms with Crippen molar-refractivity contribution in [2.24, 2.45) is 0 Å². The summed E-state index contributed by atoms with van der Waals surface area (Å²) in [7, 11) is 0. The summed E-state index contributed by atoms with van der Waals surface area (Å²) in [6.07, 6.45) is -4.31. The van der Waals surface area contributed by atoms with Crippen LogP contribution in [0.5, 0.6) is 0 Å². The fraction of sp³-hybridized carbons (Fsp3) is 0.217. The van der Waals surface area contributed by atoms with Crippen molar-refractivity contribution in [2.75, 3.05) is 6.54 Å². The van der Waals surface area contributed by atoms with E-state index in [0.29, 0.717) is 17.7 Å². The second-order valence-electron chi connectivity index (χ2n) is 7.39. The van der Waals surface area contributed by atoms with Gasteiger partial charge < -0.3 is 14.9 Å². The van der Waals surface area contributed by atoms with Crippen LogP contribution in [-0.2, 0) is 11.0 Å². The first-order chi connectivity index (χ1) is 16.3. The molecule has 4 aromatic rings. The lowest BCUT2D eigenvalue weighted by Crippen LogP contribution is -2.29. The molecule has 0 radical (unpaired) electrons. The summed E-state index contributed by atoms with van der Waals surface area (Å²) in [4.78, 5) is 16.0. The monoisotopic (exact) mass is 471 g/mol. The molecule has 0 saturated heterocycles. The van der Waals surface area contributed by atoms with Gasteiger partial charge in [0.1, 0.15) is 0 Å². The van der Waals surface area contributed by atoms with Crippen molar-refractivity contribution in [2.45, 2.75) is 25.6 Å². The lowest BCUT2D eigenvalue weighted by atomic mass is 10.1. The van der Waals surface area contributed by atoms with Crippen LogP contribution in [-0.4, -0.2) is 37.5 Å². The third-order valence-electron chi connectivity index (χ3n) is 4.98. The summed E-state index contributed by atoms with van der Waals surface area (Å²) in [6, 6.07) is 14.0. The van der Waals surface area contributed by atoms with Crippen molar-refractivity contribution in [1.29, 1.82) is 0 Å². The average Bonchev–Trinajstić information content (AvgIpc) is 3.50. The highest BCUT2D eigenvalue weighted by molar-refractivity contribution is 5.82. The molecule has 2 aromatic heterocycles. The van der Waals surface area contributed by atoms with Crippen LogP contribution in [0, 0.1) is 0 Å². The summed E-state index contributed by atoms with van der Waals surface area (Å²) in [5.74, 6) is -0.814. The number of aromatic nitrogens is 4. The zero-order valence-electron chi connectivity index (χ0n) is 18.0. The van der Waals surface area contributed by atoms with E-state index in [4.69, 9.17) is 4.52 Å². The first-order valence-electron chi connectivity index (χ1n) is 10.4. The second-order valence-corrected chi connectivity index (χ2v) is 7.39. The Morgan fingerprint density at radius 1 is 1.15 bits per heavy atom. The van der Waals surface area contributed by atoms with Crippen molar-refractivity contribution in [1.82, 2.24) is 25.2 Å². The maximum atomic E-state index is 13.9. The van der Waals surface area contributed by atoms with E-state index in [2.05, 4.69) is 20.6 Å². The molecule has 2 heterocycles. The van der Waals surface area contributed by atoms with E-state index in [1.165, 1.54) is 24.3 Å². The van der Waals surface area contributed by atoms with Gasteiger partial charge in [0, 0.05) is 12.1 Å². The van der Waals surface area contributed by atoms with Gasteiger partial charge in [-0.3, -0.25) is 4.79 Å². The number of aliphatic hydroxyl groups is 1. The van der Waals surface area contributed by atoms with Crippen molar-refractivity contribution in [3.05, 3.63) is 72.1 Å². The van der Waals surface area contributed by atoms with E-state index in [9.17, 15) is 23.1 Å². The molecule has 8 nitrogen and oxygen atoms in total. The largest absolute Gasteiger partial charge is 0.434 e. The molecule has 0 spiro atoms. The lowest BCUT2D eigenvalue weighted by molar-refractivity contribution is -0.142. The topological polar surface area (TPSA) is 106 Å². The number of para-hydroxylation sites is 1. The van der Waals surface area contributed by atoms with Gasteiger partial charge in [-0.05, 0) is 24.1 Å². The normalized spacial score (nSPS) is 12.5. The van der Waals surface area contributed by atoms with Gasteiger partial charge in [0.2, 0.25) is 5.82 Å². The number of halogens is 3. The molecule has 0 aliphatic rings. The quantitative estimate of drug-likeness (QED) is 0.419. The van der Waals surface area contributed by atoms with Crippen LogP contribution < -0.4 is 5.32 Å². The predicted octanol–water partition coefficient (Wildman–Crippen LogP) is 4.17. The highest BCUT2D eigenvalue weighted by atomic mass is 19.4. The van der Waals surface area contributed by atoms with Gasteiger partial charge in [-0.25, -0.2) is 4.68 Å². The van der Waals surface area contributed by atoms with E-state index in [-0.39, 0.29) is 23.0 Å². The molecule has 2 aromatic carbocycles. The number of carbonyl (C=O) groups is 1. The minimum Gasteiger partial charge on any atom is -0.378 e. The molecular formula is C23H20F3N5O3. The first kappa shape index (κ1) is 23.2. The molecule has 0 fully saturated rings. The number of hydrogen-bond acceptors (Lipinski definition) is 6. The van der Waals surface area contributed by atoms with Gasteiger partial charge in [-0.2, -0.15) is 23.3 Å². The van der Waals surface area contributed by atoms with E-state index in [0.717, 1.165) is 17.3 Å². The van der Waals surface area contributed by atoms with Crippen molar-refractivity contribution >= 4 is 5.91 Å². The first-order valence-corrected chi connectivity index (χ1v) is 10.4. The van der Waals surface area contributed by atoms with Crippen molar-refractivity contribution in [3.63, 3.8) is 0 Å². The highest BCUT2D eigenvalue weighted by Gasteiger charge is 2.40. The van der Waals surface area contributed by atoms with Gasteiger partial charge in [-0.1, -0.05) is 54.5 Å². The van der Waals surface area contributed by atoms with Crippen LogP contribution in [0.2, 0.25) is 0 Å². The summed E-state index contributed by atoms with van der Waals surface area (Å²) < 4.78 is 47.6. The molecule has 1 amide bonds. The number of benzene rings is 2. The van der Waals surface area contributed by atoms with Gasteiger partial charge in [0.15, 0.2) is 11.8 Å². The van der Waals surface area contributed by atoms with Crippen molar-refractivity contribution in [3.8, 4) is 28.5 Å². The Morgan fingerprint density at radius 3 is 2.50 bits per heavy atom. The minimum atomic E-state index is -4.73. The number of amides is 1. The zero-order chi connectivity index (χ0) is 24.3. The number of nitrogens with one attached hydrogen (secondary N) is 1. The number of hydrogen-bond donors (Lipinski definition) is 2. The second kappa shape index (κ2) is 9.48. The molecule has 4 rings (SSSR count).